The van der Waals surface area contributed by atoms with Crippen molar-refractivity contribution >= 4 is 17.5 Å². The number of ether oxygens (including phenoxy) is 2. The molecule has 6 heteroatoms. The van der Waals surface area contributed by atoms with E-state index in [1.165, 1.54) is 0 Å². The molecule has 2 N–H and O–H groups in total. The molecule has 0 radical (unpaired) electrons. The van der Waals surface area contributed by atoms with E-state index in [0.717, 1.165) is 5.56 Å². The van der Waals surface area contributed by atoms with E-state index in [0.29, 0.717) is 49.7 Å². The van der Waals surface area contributed by atoms with Gasteiger partial charge < -0.3 is 20.1 Å². The maximum absolute atomic E-state index is 12.0. The van der Waals surface area contributed by atoms with Crippen LogP contribution in [-0.4, -0.2) is 32.1 Å². The van der Waals surface area contributed by atoms with E-state index >= 15 is 0 Å². The number of hydrogen-bond acceptors (Lipinski definition) is 4. The highest BCUT2D eigenvalue weighted by Gasteiger charge is 2.06. The molecule has 0 aromatic heterocycles. The van der Waals surface area contributed by atoms with E-state index in [-0.39, 0.29) is 11.8 Å². The molecule has 0 unspecified atom stereocenters. The molecule has 0 bridgehead atoms. The smallest absolute Gasteiger partial charge is 0.224 e. The number of rotatable bonds is 10. The fourth-order valence-corrected chi connectivity index (χ4v) is 2.46. The standard InChI is InChI=1S/C21H26N2O4/c1-3-26-18-7-4-5-8-19(18)27-14-6-9-20(24)23-17-12-10-16(11-13-17)15-21(25)22-2/h4-5,7-8,10-13H,3,6,9,14-15H2,1-2H3,(H,22,25)(H,23,24). The van der Waals surface area contributed by atoms with Crippen LogP contribution in [0, 0.1) is 0 Å². The van der Waals surface area contributed by atoms with Gasteiger partial charge in [0.25, 0.3) is 0 Å². The van der Waals surface area contributed by atoms with Gasteiger partial charge in [0, 0.05) is 19.2 Å². The topological polar surface area (TPSA) is 76.7 Å². The molecule has 0 saturated carbocycles. The minimum absolute atomic E-state index is 0.0438. The number of para-hydroxylation sites is 2. The zero-order valence-electron chi connectivity index (χ0n) is 15.8. The Hall–Kier alpha value is -3.02. The van der Waals surface area contributed by atoms with Gasteiger partial charge in [0.2, 0.25) is 11.8 Å². The molecule has 0 spiro atoms. The van der Waals surface area contributed by atoms with Crippen LogP contribution < -0.4 is 20.1 Å². The van der Waals surface area contributed by atoms with Crippen LogP contribution in [0.25, 0.3) is 0 Å². The molecule has 0 atom stereocenters. The second-order valence-electron chi connectivity index (χ2n) is 5.93. The van der Waals surface area contributed by atoms with E-state index in [9.17, 15) is 9.59 Å². The van der Waals surface area contributed by atoms with E-state index < -0.39 is 0 Å². The molecule has 0 saturated heterocycles. The van der Waals surface area contributed by atoms with Crippen molar-refractivity contribution in [1.82, 2.24) is 5.32 Å². The summed E-state index contributed by atoms with van der Waals surface area (Å²) in [5, 5.41) is 5.43. The van der Waals surface area contributed by atoms with Crippen molar-refractivity contribution in [1.29, 1.82) is 0 Å². The molecule has 0 aliphatic carbocycles. The van der Waals surface area contributed by atoms with Gasteiger partial charge >= 0.3 is 0 Å². The second kappa shape index (κ2) is 10.9. The third-order valence-corrected chi connectivity index (χ3v) is 3.84. The van der Waals surface area contributed by atoms with Gasteiger partial charge in [0.15, 0.2) is 11.5 Å². The highest BCUT2D eigenvalue weighted by atomic mass is 16.5. The fraction of sp³-hybridized carbons (Fsp3) is 0.333. The van der Waals surface area contributed by atoms with Crippen LogP contribution in [0.4, 0.5) is 5.69 Å². The van der Waals surface area contributed by atoms with Crippen molar-refractivity contribution in [2.75, 3.05) is 25.6 Å². The Morgan fingerprint density at radius 2 is 1.59 bits per heavy atom. The van der Waals surface area contributed by atoms with Crippen molar-refractivity contribution in [2.45, 2.75) is 26.2 Å². The first-order chi connectivity index (χ1) is 13.1. The Morgan fingerprint density at radius 3 is 2.22 bits per heavy atom. The van der Waals surface area contributed by atoms with Gasteiger partial charge in [-0.1, -0.05) is 24.3 Å². The molecule has 144 valence electrons. The minimum Gasteiger partial charge on any atom is -0.490 e. The van der Waals surface area contributed by atoms with Crippen molar-refractivity contribution in [3.63, 3.8) is 0 Å². The Balaban J connectivity index is 1.73. The van der Waals surface area contributed by atoms with Crippen molar-refractivity contribution in [3.05, 3.63) is 54.1 Å². The van der Waals surface area contributed by atoms with Crippen LogP contribution in [0.1, 0.15) is 25.3 Å². The van der Waals surface area contributed by atoms with Crippen LogP contribution in [0.15, 0.2) is 48.5 Å². The molecule has 0 heterocycles. The number of carbonyl (C=O) groups is 2. The molecule has 2 aromatic rings. The number of likely N-dealkylation sites (N-methyl/N-ethyl adjacent to an activating group) is 1. The third kappa shape index (κ3) is 7.01. The molecular formula is C21H26N2O4. The number of amides is 2. The molecule has 0 aliphatic heterocycles. The number of benzene rings is 2. The third-order valence-electron chi connectivity index (χ3n) is 3.84. The SMILES string of the molecule is CCOc1ccccc1OCCCC(=O)Nc1ccc(CC(=O)NC)cc1. The number of nitrogens with one attached hydrogen (secondary N) is 2. The van der Waals surface area contributed by atoms with Crippen molar-refractivity contribution in [3.8, 4) is 11.5 Å². The van der Waals surface area contributed by atoms with E-state index in [4.69, 9.17) is 9.47 Å². The van der Waals surface area contributed by atoms with E-state index in [1.54, 1.807) is 19.2 Å². The summed E-state index contributed by atoms with van der Waals surface area (Å²) in [6, 6.07) is 14.8. The predicted molar refractivity (Wildman–Crippen MR) is 105 cm³/mol. The Morgan fingerprint density at radius 1 is 0.926 bits per heavy atom. The number of hydrogen-bond donors (Lipinski definition) is 2. The first-order valence-electron chi connectivity index (χ1n) is 9.06. The quantitative estimate of drug-likeness (QED) is 0.630. The van der Waals surface area contributed by atoms with Crippen LogP contribution in [-0.2, 0) is 16.0 Å². The van der Waals surface area contributed by atoms with Crippen LogP contribution in [0.2, 0.25) is 0 Å². The largest absolute Gasteiger partial charge is 0.490 e. The van der Waals surface area contributed by atoms with Gasteiger partial charge in [-0.25, -0.2) is 0 Å². The second-order valence-corrected chi connectivity index (χ2v) is 5.93. The summed E-state index contributed by atoms with van der Waals surface area (Å²) in [6.45, 7) is 2.93. The van der Waals surface area contributed by atoms with Crippen LogP contribution in [0.3, 0.4) is 0 Å². The highest BCUT2D eigenvalue weighted by molar-refractivity contribution is 5.90. The molecule has 2 amide bonds. The highest BCUT2D eigenvalue weighted by Crippen LogP contribution is 2.26. The summed E-state index contributed by atoms with van der Waals surface area (Å²) in [5.74, 6) is 1.28. The molecule has 2 aromatic carbocycles. The maximum atomic E-state index is 12.0. The lowest BCUT2D eigenvalue weighted by molar-refractivity contribution is -0.120. The predicted octanol–water partition coefficient (Wildman–Crippen LogP) is 3.17. The lowest BCUT2D eigenvalue weighted by Gasteiger charge is -2.11. The minimum atomic E-state index is -0.0734. The molecule has 2 rings (SSSR count). The molecule has 0 fully saturated rings. The van der Waals surface area contributed by atoms with Gasteiger partial charge in [-0.2, -0.15) is 0 Å². The van der Waals surface area contributed by atoms with Gasteiger partial charge in [-0.05, 0) is 43.2 Å². The summed E-state index contributed by atoms with van der Waals surface area (Å²) in [6.07, 6.45) is 1.28. The van der Waals surface area contributed by atoms with Crippen LogP contribution >= 0.6 is 0 Å². The average Bonchev–Trinajstić information content (AvgIpc) is 2.68. The summed E-state index contributed by atoms with van der Waals surface area (Å²) >= 11 is 0. The normalized spacial score (nSPS) is 10.1. The zero-order chi connectivity index (χ0) is 19.5. The van der Waals surface area contributed by atoms with Gasteiger partial charge in [-0.15, -0.1) is 0 Å². The molecular weight excluding hydrogens is 344 g/mol. The summed E-state index contributed by atoms with van der Waals surface area (Å²) < 4.78 is 11.2. The Kier molecular flexibility index (Phi) is 8.16. The fourth-order valence-electron chi connectivity index (χ4n) is 2.46. The molecule has 6 nitrogen and oxygen atoms in total. The summed E-state index contributed by atoms with van der Waals surface area (Å²) in [4.78, 5) is 23.4. The summed E-state index contributed by atoms with van der Waals surface area (Å²) in [5.41, 5.74) is 1.61. The lowest BCUT2D eigenvalue weighted by Crippen LogP contribution is -2.19. The number of anilines is 1. The monoisotopic (exact) mass is 370 g/mol. The van der Waals surface area contributed by atoms with Gasteiger partial charge in [0.1, 0.15) is 0 Å². The Bertz CT molecular complexity index is 744. The Labute approximate surface area is 159 Å². The van der Waals surface area contributed by atoms with Crippen molar-refractivity contribution in [2.24, 2.45) is 0 Å². The van der Waals surface area contributed by atoms with E-state index in [1.807, 2.05) is 43.3 Å². The zero-order valence-corrected chi connectivity index (χ0v) is 15.8. The summed E-state index contributed by atoms with van der Waals surface area (Å²) in [7, 11) is 1.61. The maximum Gasteiger partial charge on any atom is 0.224 e. The van der Waals surface area contributed by atoms with Crippen molar-refractivity contribution < 1.29 is 19.1 Å². The van der Waals surface area contributed by atoms with E-state index in [2.05, 4.69) is 10.6 Å². The molecule has 0 aliphatic rings. The number of carbonyl (C=O) groups excluding carboxylic acids is 2. The van der Waals surface area contributed by atoms with Gasteiger partial charge in [-0.3, -0.25) is 9.59 Å². The molecule has 27 heavy (non-hydrogen) atoms. The lowest BCUT2D eigenvalue weighted by atomic mass is 10.1. The average molecular weight is 370 g/mol. The first-order valence-corrected chi connectivity index (χ1v) is 9.06. The first kappa shape index (κ1) is 20.3. The van der Waals surface area contributed by atoms with Gasteiger partial charge in [0.05, 0.1) is 19.6 Å². The van der Waals surface area contributed by atoms with Crippen LogP contribution in [0.5, 0.6) is 11.5 Å².